The first-order valence-electron chi connectivity index (χ1n) is 10.3. The third-order valence-corrected chi connectivity index (χ3v) is 4.99. The number of hydrogen-bond acceptors (Lipinski definition) is 5. The number of ether oxygens (including phenoxy) is 2. The number of hydrazone groups is 1. The maximum absolute atomic E-state index is 12.2. The molecule has 2 amide bonds. The van der Waals surface area contributed by atoms with E-state index in [-0.39, 0.29) is 12.5 Å². The molecule has 3 aromatic carbocycles. The van der Waals surface area contributed by atoms with Crippen molar-refractivity contribution in [1.82, 2.24) is 10.7 Å². The Bertz CT molecular complexity index is 1100. The summed E-state index contributed by atoms with van der Waals surface area (Å²) in [5, 5.41) is 6.53. The number of rotatable bonds is 10. The van der Waals surface area contributed by atoms with Gasteiger partial charge in [-0.15, -0.1) is 0 Å². The molecule has 0 spiro atoms. The van der Waals surface area contributed by atoms with Crippen LogP contribution < -0.4 is 20.2 Å². The average Bonchev–Trinajstić information content (AvgIpc) is 2.83. The molecule has 0 aromatic heterocycles. The van der Waals surface area contributed by atoms with E-state index in [0.29, 0.717) is 35.8 Å². The molecule has 0 aliphatic heterocycles. The lowest BCUT2D eigenvalue weighted by Gasteiger charge is -2.09. The predicted octanol–water partition coefficient (Wildman–Crippen LogP) is 4.31. The second kappa shape index (κ2) is 12.4. The average molecular weight is 510 g/mol. The standard InChI is InChI=1S/C25H24BrN3O4/c1-2-32-22-13-9-19(10-14-22)25(31)27-16-24(30)29-28-15-20-5-3-4-6-23(20)33-17-18-7-11-21(26)12-8-18/h3-15H,2,16-17H2,1H3,(H,27,31)(H,29,30)/b28-15-. The number of para-hydroxylation sites is 1. The molecule has 0 saturated heterocycles. The normalized spacial score (nSPS) is 10.6. The van der Waals surface area contributed by atoms with Gasteiger partial charge < -0.3 is 14.8 Å². The van der Waals surface area contributed by atoms with Gasteiger partial charge in [-0.05, 0) is 61.0 Å². The van der Waals surface area contributed by atoms with Crippen LogP contribution in [0.5, 0.6) is 11.5 Å². The van der Waals surface area contributed by atoms with E-state index < -0.39 is 5.91 Å². The molecule has 0 unspecified atom stereocenters. The Morgan fingerprint density at radius 3 is 2.42 bits per heavy atom. The van der Waals surface area contributed by atoms with Gasteiger partial charge in [-0.1, -0.05) is 40.2 Å². The lowest BCUT2D eigenvalue weighted by molar-refractivity contribution is -0.120. The fraction of sp³-hybridized carbons (Fsp3) is 0.160. The minimum atomic E-state index is -0.446. The molecule has 0 radical (unpaired) electrons. The molecule has 0 aliphatic carbocycles. The van der Waals surface area contributed by atoms with Gasteiger partial charge in [0.25, 0.3) is 11.8 Å². The summed E-state index contributed by atoms with van der Waals surface area (Å²) >= 11 is 3.41. The van der Waals surface area contributed by atoms with Gasteiger partial charge in [-0.3, -0.25) is 9.59 Å². The Morgan fingerprint density at radius 2 is 1.70 bits per heavy atom. The topological polar surface area (TPSA) is 89.0 Å². The Balaban J connectivity index is 1.47. The van der Waals surface area contributed by atoms with Gasteiger partial charge >= 0.3 is 0 Å². The van der Waals surface area contributed by atoms with E-state index in [1.54, 1.807) is 24.3 Å². The van der Waals surface area contributed by atoms with Crippen molar-refractivity contribution in [2.45, 2.75) is 13.5 Å². The maximum atomic E-state index is 12.2. The van der Waals surface area contributed by atoms with Crippen molar-refractivity contribution in [1.29, 1.82) is 0 Å². The molecule has 0 atom stereocenters. The fourth-order valence-electron chi connectivity index (χ4n) is 2.81. The molecule has 7 nitrogen and oxygen atoms in total. The number of hydrogen-bond donors (Lipinski definition) is 2. The van der Waals surface area contributed by atoms with Crippen molar-refractivity contribution in [2.75, 3.05) is 13.2 Å². The summed E-state index contributed by atoms with van der Waals surface area (Å²) in [5.74, 6) is 0.520. The summed E-state index contributed by atoms with van der Waals surface area (Å²) in [6.45, 7) is 2.64. The van der Waals surface area contributed by atoms with E-state index >= 15 is 0 Å². The monoisotopic (exact) mass is 509 g/mol. The zero-order valence-corrected chi connectivity index (χ0v) is 19.7. The van der Waals surface area contributed by atoms with Crippen LogP contribution in [0.4, 0.5) is 0 Å². The van der Waals surface area contributed by atoms with Crippen LogP contribution >= 0.6 is 15.9 Å². The Kier molecular flexibility index (Phi) is 9.02. The van der Waals surface area contributed by atoms with Gasteiger partial charge in [-0.2, -0.15) is 5.10 Å². The number of carbonyl (C=O) groups is 2. The van der Waals surface area contributed by atoms with E-state index in [2.05, 4.69) is 31.8 Å². The van der Waals surface area contributed by atoms with E-state index in [4.69, 9.17) is 9.47 Å². The predicted molar refractivity (Wildman–Crippen MR) is 131 cm³/mol. The van der Waals surface area contributed by atoms with Crippen LogP contribution in [0, 0.1) is 0 Å². The summed E-state index contributed by atoms with van der Waals surface area (Å²) < 4.78 is 12.2. The number of nitrogens with one attached hydrogen (secondary N) is 2. The summed E-state index contributed by atoms with van der Waals surface area (Å²) in [5.41, 5.74) is 4.59. The molecule has 0 heterocycles. The summed E-state index contributed by atoms with van der Waals surface area (Å²) in [6, 6.07) is 21.9. The lowest BCUT2D eigenvalue weighted by atomic mass is 10.2. The fourth-order valence-corrected chi connectivity index (χ4v) is 3.07. The Morgan fingerprint density at radius 1 is 0.970 bits per heavy atom. The van der Waals surface area contributed by atoms with Crippen molar-refractivity contribution < 1.29 is 19.1 Å². The summed E-state index contributed by atoms with van der Waals surface area (Å²) in [6.07, 6.45) is 1.50. The third kappa shape index (κ3) is 7.76. The minimum absolute atomic E-state index is 0.203. The second-order valence-corrected chi connectivity index (χ2v) is 7.80. The summed E-state index contributed by atoms with van der Waals surface area (Å²) in [7, 11) is 0. The molecule has 0 fully saturated rings. The highest BCUT2D eigenvalue weighted by atomic mass is 79.9. The van der Waals surface area contributed by atoms with E-state index in [1.807, 2.05) is 55.5 Å². The molecule has 0 aliphatic rings. The molecular formula is C25H24BrN3O4. The molecule has 33 heavy (non-hydrogen) atoms. The largest absolute Gasteiger partial charge is 0.494 e. The first-order valence-corrected chi connectivity index (χ1v) is 11.1. The van der Waals surface area contributed by atoms with Gasteiger partial charge in [0.2, 0.25) is 0 Å². The number of amides is 2. The molecule has 8 heteroatoms. The zero-order valence-electron chi connectivity index (χ0n) is 18.1. The quantitative estimate of drug-likeness (QED) is 0.314. The van der Waals surface area contributed by atoms with E-state index in [9.17, 15) is 9.59 Å². The number of benzene rings is 3. The maximum Gasteiger partial charge on any atom is 0.259 e. The van der Waals surface area contributed by atoms with Gasteiger partial charge in [0.05, 0.1) is 19.4 Å². The zero-order chi connectivity index (χ0) is 23.5. The van der Waals surface area contributed by atoms with E-state index in [1.165, 1.54) is 6.21 Å². The number of carbonyl (C=O) groups excluding carboxylic acids is 2. The molecule has 0 saturated carbocycles. The van der Waals surface area contributed by atoms with E-state index in [0.717, 1.165) is 10.0 Å². The lowest BCUT2D eigenvalue weighted by Crippen LogP contribution is -2.34. The van der Waals surface area contributed by atoms with Crippen molar-refractivity contribution in [3.63, 3.8) is 0 Å². The molecular weight excluding hydrogens is 486 g/mol. The SMILES string of the molecule is CCOc1ccc(C(=O)NCC(=O)N/N=C\c2ccccc2OCc2ccc(Br)cc2)cc1. The van der Waals surface area contributed by atoms with Crippen molar-refractivity contribution in [3.8, 4) is 11.5 Å². The van der Waals surface area contributed by atoms with Crippen molar-refractivity contribution >= 4 is 34.0 Å². The summed E-state index contributed by atoms with van der Waals surface area (Å²) in [4.78, 5) is 24.2. The Hall–Kier alpha value is -3.65. The van der Waals surface area contributed by atoms with Gasteiger partial charge in [0.15, 0.2) is 0 Å². The second-order valence-electron chi connectivity index (χ2n) is 6.89. The highest BCUT2D eigenvalue weighted by Gasteiger charge is 2.08. The van der Waals surface area contributed by atoms with Crippen LogP contribution in [0.25, 0.3) is 0 Å². The first-order chi connectivity index (χ1) is 16.0. The molecule has 3 aromatic rings. The molecule has 0 bridgehead atoms. The third-order valence-electron chi connectivity index (χ3n) is 4.46. The van der Waals surface area contributed by atoms with Crippen LogP contribution in [0.15, 0.2) is 82.4 Å². The van der Waals surface area contributed by atoms with Crippen molar-refractivity contribution in [2.24, 2.45) is 5.10 Å². The van der Waals surface area contributed by atoms with Crippen LogP contribution in [0.1, 0.15) is 28.4 Å². The molecule has 2 N–H and O–H groups in total. The minimum Gasteiger partial charge on any atom is -0.494 e. The highest BCUT2D eigenvalue weighted by molar-refractivity contribution is 9.10. The Labute approximate surface area is 200 Å². The molecule has 170 valence electrons. The van der Waals surface area contributed by atoms with Gasteiger partial charge in [-0.25, -0.2) is 5.43 Å². The van der Waals surface area contributed by atoms with Crippen molar-refractivity contribution in [3.05, 3.63) is 94.0 Å². The molecule has 3 rings (SSSR count). The van der Waals surface area contributed by atoms with Crippen LogP contribution in [0.3, 0.4) is 0 Å². The van der Waals surface area contributed by atoms with Crippen LogP contribution in [-0.2, 0) is 11.4 Å². The van der Waals surface area contributed by atoms with Gasteiger partial charge in [0.1, 0.15) is 18.1 Å². The highest BCUT2D eigenvalue weighted by Crippen LogP contribution is 2.18. The number of nitrogens with zero attached hydrogens (tertiary/aromatic N) is 1. The number of halogens is 1. The van der Waals surface area contributed by atoms with Gasteiger partial charge in [0, 0.05) is 15.6 Å². The smallest absolute Gasteiger partial charge is 0.259 e. The van der Waals surface area contributed by atoms with Crippen LogP contribution in [-0.4, -0.2) is 31.2 Å². The van der Waals surface area contributed by atoms with Crippen LogP contribution in [0.2, 0.25) is 0 Å². The first kappa shape index (κ1) is 24.0.